The van der Waals surface area contributed by atoms with Crippen molar-refractivity contribution in [2.45, 2.75) is 82.7 Å². The van der Waals surface area contributed by atoms with E-state index in [0.717, 1.165) is 58.0 Å². The van der Waals surface area contributed by atoms with Gasteiger partial charge in [0, 0.05) is 11.6 Å². The van der Waals surface area contributed by atoms with Crippen LogP contribution >= 0.6 is 0 Å². The number of nitrogens with one attached hydrogen (secondary N) is 3. The lowest BCUT2D eigenvalue weighted by atomic mass is 9.82. The topological polar surface area (TPSA) is 114 Å². The van der Waals surface area contributed by atoms with Crippen LogP contribution in [-0.2, 0) is 19.6 Å². The van der Waals surface area contributed by atoms with E-state index < -0.39 is 22.0 Å². The van der Waals surface area contributed by atoms with Crippen molar-refractivity contribution >= 4 is 21.9 Å². The van der Waals surface area contributed by atoms with E-state index in [-0.39, 0.29) is 23.6 Å². The van der Waals surface area contributed by atoms with Crippen LogP contribution in [0, 0.1) is 5.92 Å². The Balaban J connectivity index is 1.47. The number of amides is 1. The Bertz CT molecular complexity index is 921. The van der Waals surface area contributed by atoms with Gasteiger partial charge in [-0.1, -0.05) is 25.5 Å². The molecular weight excluding hydrogens is 466 g/mol. The van der Waals surface area contributed by atoms with Crippen LogP contribution in [0.4, 0.5) is 0 Å². The number of rotatable bonds is 11. The molecule has 8 nitrogen and oxygen atoms in total. The van der Waals surface area contributed by atoms with Gasteiger partial charge in [0.2, 0.25) is 10.0 Å². The lowest BCUT2D eigenvalue weighted by Crippen LogP contribution is -2.44. The minimum Gasteiger partial charge on any atom is -0.468 e. The number of benzene rings is 1. The molecule has 3 rings (SSSR count). The molecule has 1 aliphatic heterocycles. The molecule has 2 fully saturated rings. The van der Waals surface area contributed by atoms with E-state index in [1.165, 1.54) is 12.7 Å². The van der Waals surface area contributed by atoms with Crippen molar-refractivity contribution in [2.75, 3.05) is 26.0 Å². The highest BCUT2D eigenvalue weighted by Gasteiger charge is 2.31. The Morgan fingerprint density at radius 2 is 1.71 bits per heavy atom. The predicted octanol–water partition coefficient (Wildman–Crippen LogP) is 3.09. The van der Waals surface area contributed by atoms with Gasteiger partial charge in [-0.05, 0) is 94.0 Å². The number of carbonyl (C=O) groups excluding carboxylic acids is 2. The average Bonchev–Trinajstić information content (AvgIpc) is 2.88. The van der Waals surface area contributed by atoms with Crippen molar-refractivity contribution in [1.29, 1.82) is 0 Å². The van der Waals surface area contributed by atoms with Gasteiger partial charge in [0.05, 0.1) is 12.9 Å². The van der Waals surface area contributed by atoms with E-state index in [9.17, 15) is 18.0 Å². The highest BCUT2D eigenvalue weighted by atomic mass is 32.2. The maximum absolute atomic E-state index is 12.8. The van der Waals surface area contributed by atoms with Gasteiger partial charge >= 0.3 is 5.97 Å². The van der Waals surface area contributed by atoms with Crippen LogP contribution in [0.15, 0.2) is 24.3 Å². The average molecular weight is 508 g/mol. The lowest BCUT2D eigenvalue weighted by Gasteiger charge is -2.31. The first-order valence-electron chi connectivity index (χ1n) is 13.0. The number of hydrogen-bond acceptors (Lipinski definition) is 6. The molecule has 1 atom stereocenters. The Morgan fingerprint density at radius 3 is 2.31 bits per heavy atom. The van der Waals surface area contributed by atoms with Gasteiger partial charge in [-0.2, -0.15) is 0 Å². The summed E-state index contributed by atoms with van der Waals surface area (Å²) in [4.78, 5) is 25.0. The van der Waals surface area contributed by atoms with Gasteiger partial charge in [0.1, 0.15) is 6.04 Å². The molecule has 0 aromatic heterocycles. The number of hydrogen-bond donors (Lipinski definition) is 3. The molecule has 1 aromatic rings. The largest absolute Gasteiger partial charge is 0.468 e. The van der Waals surface area contributed by atoms with Crippen LogP contribution in [-0.4, -0.2) is 58.3 Å². The Hall–Kier alpha value is -1.97. The minimum absolute atomic E-state index is 0.00854. The summed E-state index contributed by atoms with van der Waals surface area (Å²) in [5.74, 6) is 0.170. The lowest BCUT2D eigenvalue weighted by molar-refractivity contribution is -0.143. The van der Waals surface area contributed by atoms with E-state index in [0.29, 0.717) is 24.3 Å². The Kier molecular flexibility index (Phi) is 10.5. The highest BCUT2D eigenvalue weighted by Crippen LogP contribution is 2.29. The summed E-state index contributed by atoms with van der Waals surface area (Å²) in [6.07, 6.45) is 7.25. The number of methoxy groups -OCH3 is 1. The van der Waals surface area contributed by atoms with Crippen LogP contribution < -0.4 is 15.4 Å². The van der Waals surface area contributed by atoms with Crippen LogP contribution in [0.5, 0.6) is 0 Å². The van der Waals surface area contributed by atoms with Gasteiger partial charge in [0.15, 0.2) is 0 Å². The van der Waals surface area contributed by atoms with E-state index in [2.05, 4.69) is 27.5 Å². The van der Waals surface area contributed by atoms with Crippen molar-refractivity contribution in [1.82, 2.24) is 15.4 Å². The maximum Gasteiger partial charge on any atom is 0.323 e. The van der Waals surface area contributed by atoms with Crippen molar-refractivity contribution in [3.63, 3.8) is 0 Å². The fourth-order valence-electron chi connectivity index (χ4n) is 5.15. The first-order chi connectivity index (χ1) is 16.8. The van der Waals surface area contributed by atoms with Crippen molar-refractivity contribution < 1.29 is 22.7 Å². The molecule has 1 amide bonds. The van der Waals surface area contributed by atoms with Gasteiger partial charge in [-0.15, -0.1) is 0 Å². The molecule has 0 spiro atoms. The van der Waals surface area contributed by atoms with E-state index >= 15 is 0 Å². The monoisotopic (exact) mass is 507 g/mol. The molecule has 1 saturated heterocycles. The van der Waals surface area contributed by atoms with Gasteiger partial charge in [0.25, 0.3) is 5.91 Å². The second-order valence-electron chi connectivity index (χ2n) is 9.94. The molecule has 0 radical (unpaired) electrons. The summed E-state index contributed by atoms with van der Waals surface area (Å²) in [5.41, 5.74) is 1.98. The zero-order valence-electron chi connectivity index (χ0n) is 21.1. The number of carbonyl (C=O) groups is 2. The number of sulfonamides is 1. The van der Waals surface area contributed by atoms with Crippen molar-refractivity contribution in [3.8, 4) is 0 Å². The fourth-order valence-corrected chi connectivity index (χ4v) is 6.56. The summed E-state index contributed by atoms with van der Waals surface area (Å²) in [7, 11) is -2.25. The number of ether oxygens (including phenoxy) is 1. The van der Waals surface area contributed by atoms with Crippen LogP contribution in [0.25, 0.3) is 0 Å². The molecule has 3 N–H and O–H groups in total. The molecule has 1 unspecified atom stereocenters. The smallest absolute Gasteiger partial charge is 0.323 e. The summed E-state index contributed by atoms with van der Waals surface area (Å²) >= 11 is 0. The molecule has 2 aliphatic rings. The highest BCUT2D eigenvalue weighted by molar-refractivity contribution is 7.89. The third-order valence-corrected chi connectivity index (χ3v) is 8.78. The first kappa shape index (κ1) is 27.6. The third-order valence-electron chi connectivity index (χ3n) is 7.31. The zero-order valence-corrected chi connectivity index (χ0v) is 21.9. The number of unbranched alkanes of at least 4 members (excludes halogenated alkanes) is 1. The third kappa shape index (κ3) is 8.58. The Morgan fingerprint density at radius 1 is 1.06 bits per heavy atom. The zero-order chi connectivity index (χ0) is 25.3. The molecule has 1 heterocycles. The molecular formula is C26H41N3O5S. The first-order valence-corrected chi connectivity index (χ1v) is 14.7. The quantitative estimate of drug-likeness (QED) is 0.397. The van der Waals surface area contributed by atoms with Crippen LogP contribution in [0.1, 0.15) is 86.6 Å². The predicted molar refractivity (Wildman–Crippen MR) is 137 cm³/mol. The van der Waals surface area contributed by atoms with E-state index in [1.54, 1.807) is 0 Å². The molecule has 0 bridgehead atoms. The standard InChI is InChI=1S/C26H41N3O5S/c1-3-4-17-35(32,33)29-24(26(31)34-2)18-19-5-11-23(12-6-19)28-25(30)22-9-7-20(8-10-22)21-13-15-27-16-14-21/h7-10,19,21,23-24,27,29H,3-6,11-18H2,1-2H3,(H,28,30). The second-order valence-corrected chi connectivity index (χ2v) is 11.8. The SMILES string of the molecule is CCCCS(=O)(=O)NC(CC1CCC(NC(=O)c2ccc(C3CCNCC3)cc2)CC1)C(=O)OC. The van der Waals surface area contributed by atoms with Gasteiger partial charge in [-0.25, -0.2) is 13.1 Å². The van der Waals surface area contributed by atoms with Crippen LogP contribution in [0.3, 0.4) is 0 Å². The molecule has 9 heteroatoms. The number of piperidine rings is 1. The summed E-state index contributed by atoms with van der Waals surface area (Å²) in [5, 5.41) is 6.53. The molecule has 1 aromatic carbocycles. The maximum atomic E-state index is 12.8. The summed E-state index contributed by atoms with van der Waals surface area (Å²) in [6.45, 7) is 4.01. The second kappa shape index (κ2) is 13.4. The molecule has 1 saturated carbocycles. The van der Waals surface area contributed by atoms with Crippen molar-refractivity contribution in [3.05, 3.63) is 35.4 Å². The Labute approximate surface area is 210 Å². The summed E-state index contributed by atoms with van der Waals surface area (Å²) in [6, 6.07) is 7.22. The molecule has 35 heavy (non-hydrogen) atoms. The van der Waals surface area contributed by atoms with Gasteiger partial charge < -0.3 is 15.4 Å². The van der Waals surface area contributed by atoms with Crippen LogP contribution in [0.2, 0.25) is 0 Å². The molecule has 1 aliphatic carbocycles. The van der Waals surface area contributed by atoms with Crippen molar-refractivity contribution in [2.24, 2.45) is 5.92 Å². The van der Waals surface area contributed by atoms with E-state index in [1.807, 2.05) is 19.1 Å². The fraction of sp³-hybridized carbons (Fsp3) is 0.692. The molecule has 196 valence electrons. The minimum atomic E-state index is -3.53. The summed E-state index contributed by atoms with van der Waals surface area (Å²) < 4.78 is 32.0. The normalized spacial score (nSPS) is 22.3. The van der Waals surface area contributed by atoms with E-state index in [4.69, 9.17) is 4.74 Å². The van der Waals surface area contributed by atoms with Gasteiger partial charge in [-0.3, -0.25) is 9.59 Å². The number of esters is 1.